The summed E-state index contributed by atoms with van der Waals surface area (Å²) in [7, 11) is 0. The Balaban J connectivity index is 2.07. The molecule has 1 fully saturated rings. The van der Waals surface area contributed by atoms with Crippen molar-refractivity contribution in [1.82, 2.24) is 0 Å². The summed E-state index contributed by atoms with van der Waals surface area (Å²) in [5.41, 5.74) is -1.26. The number of para-hydroxylation sites is 2. The molecule has 5 nitrogen and oxygen atoms in total. The van der Waals surface area contributed by atoms with Gasteiger partial charge in [-0.1, -0.05) is 18.6 Å². The van der Waals surface area contributed by atoms with E-state index in [0.717, 1.165) is 6.07 Å². The zero-order valence-electron chi connectivity index (χ0n) is 11.4. The minimum Gasteiger partial charge on any atom is -0.481 e. The van der Waals surface area contributed by atoms with Gasteiger partial charge in [0, 0.05) is 6.42 Å². The van der Waals surface area contributed by atoms with E-state index < -0.39 is 29.4 Å². The molecule has 120 valence electrons. The van der Waals surface area contributed by atoms with Crippen molar-refractivity contribution in [3.8, 4) is 5.75 Å². The molecule has 2 N–H and O–H groups in total. The number of carbonyl (C=O) groups excluding carboxylic acids is 1. The first-order valence-corrected chi connectivity index (χ1v) is 6.60. The fourth-order valence-electron chi connectivity index (χ4n) is 2.36. The van der Waals surface area contributed by atoms with Crippen LogP contribution in [-0.2, 0) is 9.59 Å². The monoisotopic (exact) mass is 317 g/mol. The highest BCUT2D eigenvalue weighted by Crippen LogP contribution is 2.44. The van der Waals surface area contributed by atoms with Crippen molar-refractivity contribution in [1.29, 1.82) is 0 Å². The van der Waals surface area contributed by atoms with Crippen LogP contribution in [0.5, 0.6) is 5.75 Å². The van der Waals surface area contributed by atoms with Crippen LogP contribution in [0.15, 0.2) is 24.3 Å². The van der Waals surface area contributed by atoms with Gasteiger partial charge in [0.25, 0.3) is 0 Å². The summed E-state index contributed by atoms with van der Waals surface area (Å²) in [6, 6.07) is 5.10. The van der Waals surface area contributed by atoms with Gasteiger partial charge in [0.2, 0.25) is 5.91 Å². The van der Waals surface area contributed by atoms with Crippen LogP contribution < -0.4 is 10.1 Å². The molecule has 0 saturated heterocycles. The molecule has 1 amide bonds. The second-order valence-electron chi connectivity index (χ2n) is 5.21. The minimum atomic E-state index is -4.88. The SMILES string of the molecule is O=C(CC1(C(=O)O)CCC1)Nc1ccccc1OC(F)(F)F. The first kappa shape index (κ1) is 16.1. The number of amides is 1. The second kappa shape index (κ2) is 5.86. The Labute approximate surface area is 124 Å². The van der Waals surface area contributed by atoms with Crippen molar-refractivity contribution in [2.24, 2.45) is 5.41 Å². The summed E-state index contributed by atoms with van der Waals surface area (Å²) in [6.45, 7) is 0. The van der Waals surface area contributed by atoms with Crippen molar-refractivity contribution in [3.63, 3.8) is 0 Å². The largest absolute Gasteiger partial charge is 0.573 e. The Hall–Kier alpha value is -2.25. The molecule has 1 aliphatic carbocycles. The average molecular weight is 317 g/mol. The number of hydrogen-bond donors (Lipinski definition) is 2. The number of alkyl halides is 3. The van der Waals surface area contributed by atoms with Crippen molar-refractivity contribution in [2.75, 3.05) is 5.32 Å². The number of aliphatic carboxylic acids is 1. The third-order valence-corrected chi connectivity index (χ3v) is 3.65. The van der Waals surface area contributed by atoms with Crippen LogP contribution in [0.3, 0.4) is 0 Å². The van der Waals surface area contributed by atoms with Gasteiger partial charge in [0.1, 0.15) is 0 Å². The van der Waals surface area contributed by atoms with Gasteiger partial charge in [0.15, 0.2) is 5.75 Å². The fraction of sp³-hybridized carbons (Fsp3) is 0.429. The number of carboxylic acid groups (broad SMARTS) is 1. The van der Waals surface area contributed by atoms with Crippen LogP contribution in [0.1, 0.15) is 25.7 Å². The first-order valence-electron chi connectivity index (χ1n) is 6.60. The Morgan fingerprint density at radius 2 is 1.91 bits per heavy atom. The van der Waals surface area contributed by atoms with E-state index in [1.807, 2.05) is 0 Å². The van der Waals surface area contributed by atoms with Crippen LogP contribution >= 0.6 is 0 Å². The van der Waals surface area contributed by atoms with Gasteiger partial charge in [-0.05, 0) is 25.0 Å². The highest BCUT2D eigenvalue weighted by Gasteiger charge is 2.46. The molecule has 0 radical (unpaired) electrons. The van der Waals surface area contributed by atoms with Gasteiger partial charge < -0.3 is 15.2 Å². The maximum atomic E-state index is 12.3. The standard InChI is InChI=1S/C14H14F3NO4/c15-14(16,17)22-10-5-2-1-4-9(10)18-11(19)8-13(12(20)21)6-3-7-13/h1-2,4-5H,3,6-8H2,(H,18,19)(H,20,21). The maximum Gasteiger partial charge on any atom is 0.573 e. The third-order valence-electron chi connectivity index (χ3n) is 3.65. The Morgan fingerprint density at radius 3 is 2.41 bits per heavy atom. The number of ether oxygens (including phenoxy) is 1. The van der Waals surface area contributed by atoms with E-state index in [1.165, 1.54) is 18.2 Å². The predicted molar refractivity (Wildman–Crippen MR) is 70.3 cm³/mol. The maximum absolute atomic E-state index is 12.3. The smallest absolute Gasteiger partial charge is 0.481 e. The molecule has 1 aromatic rings. The van der Waals surface area contributed by atoms with Crippen LogP contribution in [-0.4, -0.2) is 23.3 Å². The van der Waals surface area contributed by atoms with Crippen molar-refractivity contribution in [3.05, 3.63) is 24.3 Å². The van der Waals surface area contributed by atoms with Crippen molar-refractivity contribution >= 4 is 17.6 Å². The predicted octanol–water partition coefficient (Wildman–Crippen LogP) is 3.17. The van der Waals surface area contributed by atoms with Gasteiger partial charge in [0.05, 0.1) is 11.1 Å². The van der Waals surface area contributed by atoms with E-state index in [1.54, 1.807) is 0 Å². The molecule has 22 heavy (non-hydrogen) atoms. The molecule has 0 aliphatic heterocycles. The van der Waals surface area contributed by atoms with E-state index in [9.17, 15) is 22.8 Å². The van der Waals surface area contributed by atoms with Crippen molar-refractivity contribution < 1.29 is 32.6 Å². The Kier molecular flexibility index (Phi) is 4.30. The normalized spacial score (nSPS) is 16.5. The number of anilines is 1. The number of halogens is 3. The lowest BCUT2D eigenvalue weighted by Crippen LogP contribution is -2.41. The zero-order valence-corrected chi connectivity index (χ0v) is 11.4. The Morgan fingerprint density at radius 1 is 1.27 bits per heavy atom. The van der Waals surface area contributed by atoms with E-state index in [0.29, 0.717) is 19.3 Å². The molecular formula is C14H14F3NO4. The van der Waals surface area contributed by atoms with Gasteiger partial charge in [-0.3, -0.25) is 9.59 Å². The lowest BCUT2D eigenvalue weighted by molar-refractivity contribution is -0.274. The molecule has 1 saturated carbocycles. The summed E-state index contributed by atoms with van der Waals surface area (Å²) in [6.07, 6.45) is -3.67. The topological polar surface area (TPSA) is 75.6 Å². The lowest BCUT2D eigenvalue weighted by atomic mass is 9.66. The molecule has 1 aliphatic rings. The first-order chi connectivity index (χ1) is 10.2. The molecule has 0 unspecified atom stereocenters. The summed E-state index contributed by atoms with van der Waals surface area (Å²) >= 11 is 0. The molecule has 0 heterocycles. The lowest BCUT2D eigenvalue weighted by Gasteiger charge is -2.36. The molecule has 2 rings (SSSR count). The van der Waals surface area contributed by atoms with Crippen molar-refractivity contribution in [2.45, 2.75) is 32.0 Å². The highest BCUT2D eigenvalue weighted by atomic mass is 19.4. The minimum absolute atomic E-state index is 0.148. The second-order valence-corrected chi connectivity index (χ2v) is 5.21. The number of nitrogens with one attached hydrogen (secondary N) is 1. The van der Waals surface area contributed by atoms with Gasteiger partial charge in [-0.25, -0.2) is 0 Å². The van der Waals surface area contributed by atoms with E-state index in [4.69, 9.17) is 5.11 Å². The molecule has 8 heteroatoms. The molecule has 0 atom stereocenters. The molecular weight excluding hydrogens is 303 g/mol. The van der Waals surface area contributed by atoms with Crippen LogP contribution in [0.4, 0.5) is 18.9 Å². The van der Waals surface area contributed by atoms with E-state index in [2.05, 4.69) is 10.1 Å². The van der Waals surface area contributed by atoms with Crippen LogP contribution in [0, 0.1) is 5.41 Å². The number of carboxylic acids is 1. The quantitative estimate of drug-likeness (QED) is 0.874. The summed E-state index contributed by atoms with van der Waals surface area (Å²) in [4.78, 5) is 23.1. The van der Waals surface area contributed by atoms with E-state index in [-0.39, 0.29) is 12.1 Å². The number of hydrogen-bond acceptors (Lipinski definition) is 3. The summed E-state index contributed by atoms with van der Waals surface area (Å²) < 4.78 is 40.7. The van der Waals surface area contributed by atoms with Crippen LogP contribution in [0.25, 0.3) is 0 Å². The van der Waals surface area contributed by atoms with Gasteiger partial charge in [-0.15, -0.1) is 13.2 Å². The zero-order chi connectivity index (χ0) is 16.4. The van der Waals surface area contributed by atoms with Crippen LogP contribution in [0.2, 0.25) is 0 Å². The number of rotatable bonds is 5. The summed E-state index contributed by atoms with van der Waals surface area (Å²) in [5, 5.41) is 11.4. The van der Waals surface area contributed by atoms with E-state index >= 15 is 0 Å². The summed E-state index contributed by atoms with van der Waals surface area (Å²) in [5.74, 6) is -2.25. The average Bonchev–Trinajstić information content (AvgIpc) is 2.34. The number of carbonyl (C=O) groups is 2. The third kappa shape index (κ3) is 3.69. The highest BCUT2D eigenvalue weighted by molar-refractivity contribution is 5.95. The Bertz CT molecular complexity index is 582. The van der Waals surface area contributed by atoms with Gasteiger partial charge >= 0.3 is 12.3 Å². The molecule has 0 spiro atoms. The molecule has 0 aromatic heterocycles. The number of benzene rings is 1. The molecule has 1 aromatic carbocycles. The fourth-order valence-corrected chi connectivity index (χ4v) is 2.36. The molecule has 0 bridgehead atoms. The van der Waals surface area contributed by atoms with Gasteiger partial charge in [-0.2, -0.15) is 0 Å².